The Balaban J connectivity index is 1.36. The van der Waals surface area contributed by atoms with Crippen LogP contribution in [-0.2, 0) is 4.74 Å². The number of piperidine rings is 1. The Morgan fingerprint density at radius 1 is 1.22 bits per heavy atom. The van der Waals surface area contributed by atoms with Gasteiger partial charge in [0.05, 0.1) is 6.10 Å². The number of carbonyl (C=O) groups excluding carboxylic acids is 1. The molecular weight excluding hydrogens is 344 g/mol. The largest absolute Gasteiger partial charge is 0.376 e. The number of carbonyl (C=O) groups is 1. The third kappa shape index (κ3) is 4.30. The number of benzene rings is 1. The van der Waals surface area contributed by atoms with Gasteiger partial charge in [-0.2, -0.15) is 4.98 Å². The van der Waals surface area contributed by atoms with Crippen LogP contribution in [-0.4, -0.2) is 48.4 Å². The molecule has 2 aliphatic heterocycles. The Bertz CT molecular complexity index is 760. The summed E-state index contributed by atoms with van der Waals surface area (Å²) in [5.41, 5.74) is 2.05. The van der Waals surface area contributed by atoms with Crippen LogP contribution in [0.3, 0.4) is 0 Å². The SMILES string of the molecule is CC1CCN(c2ccc(-c3noc(C(=O)NC[C@H]4CCCO4)n3)cc2)CC1. The molecule has 0 saturated carbocycles. The maximum Gasteiger partial charge on any atom is 0.316 e. The molecule has 27 heavy (non-hydrogen) atoms. The van der Waals surface area contributed by atoms with E-state index in [2.05, 4.69) is 39.4 Å². The summed E-state index contributed by atoms with van der Waals surface area (Å²) >= 11 is 0. The Hall–Kier alpha value is -2.41. The van der Waals surface area contributed by atoms with E-state index >= 15 is 0 Å². The molecule has 0 aliphatic carbocycles. The van der Waals surface area contributed by atoms with Crippen molar-refractivity contribution in [1.82, 2.24) is 15.5 Å². The zero-order valence-electron chi connectivity index (χ0n) is 15.7. The molecule has 1 aromatic heterocycles. The topological polar surface area (TPSA) is 80.5 Å². The molecule has 1 aromatic carbocycles. The lowest BCUT2D eigenvalue weighted by Gasteiger charge is -2.32. The predicted molar refractivity (Wildman–Crippen MR) is 102 cm³/mol. The number of amides is 1. The predicted octanol–water partition coefficient (Wildman–Crippen LogP) is 2.88. The average Bonchev–Trinajstić information content (AvgIpc) is 3.39. The van der Waals surface area contributed by atoms with Crippen molar-refractivity contribution in [3.8, 4) is 11.4 Å². The van der Waals surface area contributed by atoms with Crippen LogP contribution in [0.5, 0.6) is 0 Å². The fraction of sp³-hybridized carbons (Fsp3) is 0.550. The van der Waals surface area contributed by atoms with E-state index in [0.717, 1.165) is 44.0 Å². The number of hydrogen-bond acceptors (Lipinski definition) is 6. The molecule has 3 heterocycles. The van der Waals surface area contributed by atoms with Crippen molar-refractivity contribution in [2.45, 2.75) is 38.7 Å². The molecular formula is C20H26N4O3. The van der Waals surface area contributed by atoms with Gasteiger partial charge in [0, 0.05) is 37.5 Å². The Morgan fingerprint density at radius 3 is 2.70 bits per heavy atom. The first kappa shape index (κ1) is 18.0. The Labute approximate surface area is 159 Å². The molecule has 2 fully saturated rings. The number of rotatable bonds is 5. The maximum absolute atomic E-state index is 12.2. The van der Waals surface area contributed by atoms with E-state index in [1.807, 2.05) is 12.1 Å². The summed E-state index contributed by atoms with van der Waals surface area (Å²) in [6, 6.07) is 8.12. The first-order valence-electron chi connectivity index (χ1n) is 9.78. The second-order valence-electron chi connectivity index (χ2n) is 7.48. The normalized spacial score (nSPS) is 20.8. The molecule has 4 rings (SSSR count). The number of nitrogens with zero attached hydrogens (tertiary/aromatic N) is 3. The molecule has 0 spiro atoms. The van der Waals surface area contributed by atoms with Crippen molar-refractivity contribution in [1.29, 1.82) is 0 Å². The average molecular weight is 370 g/mol. The van der Waals surface area contributed by atoms with E-state index in [1.165, 1.54) is 18.5 Å². The fourth-order valence-electron chi connectivity index (χ4n) is 3.61. The van der Waals surface area contributed by atoms with E-state index in [9.17, 15) is 4.79 Å². The molecule has 2 aromatic rings. The minimum atomic E-state index is -0.358. The highest BCUT2D eigenvalue weighted by atomic mass is 16.5. The van der Waals surface area contributed by atoms with Crippen LogP contribution in [0, 0.1) is 5.92 Å². The minimum Gasteiger partial charge on any atom is -0.376 e. The fourth-order valence-corrected chi connectivity index (χ4v) is 3.61. The van der Waals surface area contributed by atoms with Gasteiger partial charge in [0.25, 0.3) is 0 Å². The zero-order chi connectivity index (χ0) is 18.6. The van der Waals surface area contributed by atoms with Crippen LogP contribution >= 0.6 is 0 Å². The van der Waals surface area contributed by atoms with Crippen molar-refractivity contribution < 1.29 is 14.1 Å². The maximum atomic E-state index is 12.2. The van der Waals surface area contributed by atoms with Gasteiger partial charge in [-0.15, -0.1) is 0 Å². The van der Waals surface area contributed by atoms with Gasteiger partial charge in [0.15, 0.2) is 0 Å². The zero-order valence-corrected chi connectivity index (χ0v) is 15.7. The van der Waals surface area contributed by atoms with Crippen molar-refractivity contribution >= 4 is 11.6 Å². The summed E-state index contributed by atoms with van der Waals surface area (Å²) in [6.07, 6.45) is 4.56. The van der Waals surface area contributed by atoms with Crippen LogP contribution in [0.1, 0.15) is 43.3 Å². The van der Waals surface area contributed by atoms with Crippen molar-refractivity contribution in [2.75, 3.05) is 31.1 Å². The van der Waals surface area contributed by atoms with Gasteiger partial charge in [-0.3, -0.25) is 4.79 Å². The van der Waals surface area contributed by atoms with Crippen molar-refractivity contribution in [2.24, 2.45) is 5.92 Å². The molecule has 7 nitrogen and oxygen atoms in total. The molecule has 1 amide bonds. The first-order valence-corrected chi connectivity index (χ1v) is 9.78. The molecule has 0 radical (unpaired) electrons. The second kappa shape index (κ2) is 8.08. The van der Waals surface area contributed by atoms with Crippen molar-refractivity contribution in [3.05, 3.63) is 30.2 Å². The Kier molecular flexibility index (Phi) is 5.38. The van der Waals surface area contributed by atoms with Gasteiger partial charge in [0.2, 0.25) is 5.82 Å². The van der Waals surface area contributed by atoms with Crippen LogP contribution in [0.4, 0.5) is 5.69 Å². The number of nitrogens with one attached hydrogen (secondary N) is 1. The quantitative estimate of drug-likeness (QED) is 0.872. The van der Waals surface area contributed by atoms with E-state index in [-0.39, 0.29) is 17.9 Å². The minimum absolute atomic E-state index is 0.0166. The number of hydrogen-bond donors (Lipinski definition) is 1. The van der Waals surface area contributed by atoms with E-state index in [4.69, 9.17) is 9.26 Å². The number of aromatic nitrogens is 2. The molecule has 7 heteroatoms. The third-order valence-electron chi connectivity index (χ3n) is 5.41. The van der Waals surface area contributed by atoms with Crippen LogP contribution < -0.4 is 10.2 Å². The standard InChI is InChI=1S/C20H26N4O3/c1-14-8-10-24(11-9-14)16-6-4-15(5-7-16)18-22-20(27-23-18)19(25)21-13-17-3-2-12-26-17/h4-7,14,17H,2-3,8-13H2,1H3,(H,21,25)/t17-/m1/s1. The van der Waals surface area contributed by atoms with E-state index < -0.39 is 0 Å². The highest BCUT2D eigenvalue weighted by Gasteiger charge is 2.20. The first-order chi connectivity index (χ1) is 13.2. The monoisotopic (exact) mass is 370 g/mol. The van der Waals surface area contributed by atoms with Crippen LogP contribution in [0.15, 0.2) is 28.8 Å². The lowest BCUT2D eigenvalue weighted by molar-refractivity contribution is 0.0822. The molecule has 144 valence electrons. The summed E-state index contributed by atoms with van der Waals surface area (Å²) in [7, 11) is 0. The number of ether oxygens (including phenoxy) is 1. The highest BCUT2D eigenvalue weighted by Crippen LogP contribution is 2.25. The molecule has 1 N–H and O–H groups in total. The van der Waals surface area contributed by atoms with Gasteiger partial charge in [-0.1, -0.05) is 12.1 Å². The van der Waals surface area contributed by atoms with Gasteiger partial charge in [-0.05, 0) is 55.9 Å². The van der Waals surface area contributed by atoms with E-state index in [0.29, 0.717) is 12.4 Å². The second-order valence-corrected chi connectivity index (χ2v) is 7.48. The van der Waals surface area contributed by atoms with Gasteiger partial charge < -0.3 is 19.5 Å². The summed E-state index contributed by atoms with van der Waals surface area (Å²) < 4.78 is 10.6. The van der Waals surface area contributed by atoms with Gasteiger partial charge in [-0.25, -0.2) is 0 Å². The molecule has 2 aliphatic rings. The third-order valence-corrected chi connectivity index (χ3v) is 5.41. The van der Waals surface area contributed by atoms with Crippen LogP contribution in [0.25, 0.3) is 11.4 Å². The summed E-state index contributed by atoms with van der Waals surface area (Å²) in [4.78, 5) is 18.8. The van der Waals surface area contributed by atoms with Crippen LogP contribution in [0.2, 0.25) is 0 Å². The molecule has 2 saturated heterocycles. The number of anilines is 1. The lowest BCUT2D eigenvalue weighted by atomic mass is 9.98. The summed E-state index contributed by atoms with van der Waals surface area (Å²) in [5, 5.41) is 6.74. The highest BCUT2D eigenvalue weighted by molar-refractivity contribution is 5.89. The van der Waals surface area contributed by atoms with Crippen molar-refractivity contribution in [3.63, 3.8) is 0 Å². The summed E-state index contributed by atoms with van der Waals surface area (Å²) in [6.45, 7) is 5.73. The molecule has 1 atom stereocenters. The van der Waals surface area contributed by atoms with Gasteiger partial charge in [0.1, 0.15) is 0 Å². The molecule has 0 unspecified atom stereocenters. The molecule has 0 bridgehead atoms. The smallest absolute Gasteiger partial charge is 0.316 e. The Morgan fingerprint density at radius 2 is 2.00 bits per heavy atom. The van der Waals surface area contributed by atoms with Gasteiger partial charge >= 0.3 is 11.8 Å². The summed E-state index contributed by atoms with van der Waals surface area (Å²) in [5.74, 6) is 0.862. The lowest BCUT2D eigenvalue weighted by Crippen LogP contribution is -2.32. The van der Waals surface area contributed by atoms with E-state index in [1.54, 1.807) is 0 Å².